The molecule has 6 heteroatoms. The lowest BCUT2D eigenvalue weighted by Gasteiger charge is -2.08. The van der Waals surface area contributed by atoms with Gasteiger partial charge in [-0.2, -0.15) is 0 Å². The Bertz CT molecular complexity index is 652. The molecule has 0 spiro atoms. The normalized spacial score (nSPS) is 13.3. The zero-order valence-corrected chi connectivity index (χ0v) is 11.3. The van der Waals surface area contributed by atoms with Crippen molar-refractivity contribution in [1.82, 2.24) is 0 Å². The van der Waals surface area contributed by atoms with Gasteiger partial charge in [-0.1, -0.05) is 0 Å². The van der Waals surface area contributed by atoms with Crippen LogP contribution < -0.4 is 11.1 Å². The smallest absolute Gasteiger partial charge is 0.265 e. The van der Waals surface area contributed by atoms with E-state index in [9.17, 15) is 13.6 Å². The maximum atomic E-state index is 13.6. The molecule has 1 heterocycles. The summed E-state index contributed by atoms with van der Waals surface area (Å²) in [5.74, 6) is -2.06. The predicted octanol–water partition coefficient (Wildman–Crippen LogP) is 3.35. The molecule has 0 saturated heterocycles. The van der Waals surface area contributed by atoms with Gasteiger partial charge >= 0.3 is 0 Å². The minimum Gasteiger partial charge on any atom is -0.397 e. The van der Waals surface area contributed by atoms with Crippen LogP contribution in [-0.4, -0.2) is 5.91 Å². The van der Waals surface area contributed by atoms with Crippen molar-refractivity contribution in [3.63, 3.8) is 0 Å². The highest BCUT2D eigenvalue weighted by molar-refractivity contribution is 7.14. The van der Waals surface area contributed by atoms with Gasteiger partial charge in [0.05, 0.1) is 10.6 Å². The molecule has 0 aliphatic heterocycles. The van der Waals surface area contributed by atoms with Crippen molar-refractivity contribution >= 4 is 28.6 Å². The first kappa shape index (κ1) is 13.1. The van der Waals surface area contributed by atoms with Crippen LogP contribution >= 0.6 is 11.3 Å². The van der Waals surface area contributed by atoms with Gasteiger partial charge in [-0.25, -0.2) is 8.78 Å². The van der Waals surface area contributed by atoms with E-state index in [1.807, 2.05) is 6.07 Å². The van der Waals surface area contributed by atoms with Crippen LogP contribution in [0.3, 0.4) is 0 Å². The first-order valence-corrected chi connectivity index (χ1v) is 7.03. The van der Waals surface area contributed by atoms with Gasteiger partial charge in [0.1, 0.15) is 11.5 Å². The fraction of sp³-hybridized carbons (Fsp3) is 0.214. The van der Waals surface area contributed by atoms with Crippen molar-refractivity contribution in [1.29, 1.82) is 0 Å². The quantitative estimate of drug-likeness (QED) is 0.835. The molecule has 0 atom stereocenters. The van der Waals surface area contributed by atoms with E-state index in [2.05, 4.69) is 5.32 Å². The van der Waals surface area contributed by atoms with Crippen LogP contribution in [0.5, 0.6) is 0 Å². The maximum absolute atomic E-state index is 13.6. The third kappa shape index (κ3) is 2.27. The van der Waals surface area contributed by atoms with E-state index in [-0.39, 0.29) is 11.4 Å². The molecule has 3 N–H and O–H groups in total. The number of carbonyl (C=O) groups is 1. The van der Waals surface area contributed by atoms with Crippen LogP contribution in [0.15, 0.2) is 18.2 Å². The highest BCUT2D eigenvalue weighted by atomic mass is 32.1. The van der Waals surface area contributed by atoms with Gasteiger partial charge in [-0.05, 0) is 37.0 Å². The van der Waals surface area contributed by atoms with Gasteiger partial charge < -0.3 is 11.1 Å². The molecule has 0 bridgehead atoms. The summed E-state index contributed by atoms with van der Waals surface area (Å²) in [6, 6.07) is 3.51. The van der Waals surface area contributed by atoms with Crippen LogP contribution in [-0.2, 0) is 12.8 Å². The molecular formula is C14H12F2N2OS. The van der Waals surface area contributed by atoms with Crippen LogP contribution in [0, 0.1) is 11.6 Å². The number of aryl methyl sites for hydroxylation is 2. The third-order valence-electron chi connectivity index (χ3n) is 3.29. The monoisotopic (exact) mass is 294 g/mol. The number of rotatable bonds is 2. The Kier molecular flexibility index (Phi) is 3.17. The number of amides is 1. The highest BCUT2D eigenvalue weighted by Gasteiger charge is 2.20. The van der Waals surface area contributed by atoms with Crippen molar-refractivity contribution in [3.05, 3.63) is 45.2 Å². The number of benzene rings is 1. The molecule has 3 rings (SSSR count). The molecule has 0 fully saturated rings. The summed E-state index contributed by atoms with van der Waals surface area (Å²) in [7, 11) is 0. The molecule has 1 aromatic heterocycles. The Balaban J connectivity index is 1.85. The average Bonchev–Trinajstić information content (AvgIpc) is 2.93. The van der Waals surface area contributed by atoms with Crippen LogP contribution in [0.25, 0.3) is 0 Å². The molecule has 104 valence electrons. The standard InChI is InChI=1S/C14H12F2N2OS/c15-8-5-9(16)13(10(17)6-8)18-14(19)12-4-7-2-1-3-11(7)20-12/h4-6H,1-3,17H2,(H,18,19). The Morgan fingerprint density at radius 1 is 1.25 bits per heavy atom. The van der Waals surface area contributed by atoms with E-state index >= 15 is 0 Å². The zero-order valence-electron chi connectivity index (χ0n) is 10.5. The Hall–Kier alpha value is -1.95. The number of thiophene rings is 1. The fourth-order valence-corrected chi connectivity index (χ4v) is 3.49. The van der Waals surface area contributed by atoms with E-state index in [1.165, 1.54) is 21.8 Å². The molecule has 1 aliphatic rings. The molecule has 1 amide bonds. The molecule has 3 nitrogen and oxygen atoms in total. The molecule has 1 aliphatic carbocycles. The van der Waals surface area contributed by atoms with Crippen molar-refractivity contribution in [2.24, 2.45) is 0 Å². The van der Waals surface area contributed by atoms with Gasteiger partial charge in [0.15, 0.2) is 5.82 Å². The topological polar surface area (TPSA) is 55.1 Å². The predicted molar refractivity (Wildman–Crippen MR) is 75.1 cm³/mol. The average molecular weight is 294 g/mol. The number of hydrogen-bond donors (Lipinski definition) is 2. The summed E-state index contributed by atoms with van der Waals surface area (Å²) < 4.78 is 26.6. The summed E-state index contributed by atoms with van der Waals surface area (Å²) in [6.45, 7) is 0. The fourth-order valence-electron chi connectivity index (χ4n) is 2.34. The number of nitrogens with one attached hydrogen (secondary N) is 1. The highest BCUT2D eigenvalue weighted by Crippen LogP contribution is 2.32. The molecule has 0 radical (unpaired) electrons. The molecule has 1 aromatic carbocycles. The minimum absolute atomic E-state index is 0.125. The zero-order chi connectivity index (χ0) is 14.3. The number of nitrogen functional groups attached to an aromatic ring is 1. The number of halogens is 2. The molecular weight excluding hydrogens is 282 g/mol. The number of fused-ring (bicyclic) bond motifs is 1. The van der Waals surface area contributed by atoms with Gasteiger partial charge in [0, 0.05) is 10.9 Å². The number of carbonyl (C=O) groups excluding carboxylic acids is 1. The Labute approximate surface area is 118 Å². The maximum Gasteiger partial charge on any atom is 0.265 e. The number of hydrogen-bond acceptors (Lipinski definition) is 3. The summed E-state index contributed by atoms with van der Waals surface area (Å²) >= 11 is 1.41. The first-order chi connectivity index (χ1) is 9.54. The van der Waals surface area contributed by atoms with E-state index in [0.717, 1.165) is 25.3 Å². The lowest BCUT2D eigenvalue weighted by Crippen LogP contribution is -2.13. The number of nitrogens with two attached hydrogens (primary N) is 1. The SMILES string of the molecule is Nc1cc(F)cc(F)c1NC(=O)c1cc2c(s1)CCC2. The second-order valence-corrected chi connectivity index (χ2v) is 5.86. The molecule has 20 heavy (non-hydrogen) atoms. The van der Waals surface area contributed by atoms with Gasteiger partial charge in [0.25, 0.3) is 5.91 Å². The van der Waals surface area contributed by atoms with Crippen molar-refractivity contribution in [3.8, 4) is 0 Å². The lowest BCUT2D eigenvalue weighted by atomic mass is 10.2. The third-order valence-corrected chi connectivity index (χ3v) is 4.53. The summed E-state index contributed by atoms with van der Waals surface area (Å²) in [4.78, 5) is 13.8. The van der Waals surface area contributed by atoms with Crippen molar-refractivity contribution < 1.29 is 13.6 Å². The number of anilines is 2. The molecule has 0 unspecified atom stereocenters. The first-order valence-electron chi connectivity index (χ1n) is 6.22. The van der Waals surface area contributed by atoms with Crippen LogP contribution in [0.4, 0.5) is 20.2 Å². The summed E-state index contributed by atoms with van der Waals surface area (Å²) in [5, 5.41) is 2.42. The Morgan fingerprint density at radius 2 is 2.05 bits per heavy atom. The Morgan fingerprint density at radius 3 is 2.75 bits per heavy atom. The van der Waals surface area contributed by atoms with Gasteiger partial charge in [-0.3, -0.25) is 4.79 Å². The summed E-state index contributed by atoms with van der Waals surface area (Å²) in [5.41, 5.74) is 6.42. The van der Waals surface area contributed by atoms with Crippen LogP contribution in [0.1, 0.15) is 26.5 Å². The molecule has 2 aromatic rings. The van der Waals surface area contributed by atoms with E-state index < -0.39 is 17.5 Å². The van der Waals surface area contributed by atoms with E-state index in [1.54, 1.807) is 0 Å². The van der Waals surface area contributed by atoms with Crippen molar-refractivity contribution in [2.75, 3.05) is 11.1 Å². The van der Waals surface area contributed by atoms with Gasteiger partial charge in [0.2, 0.25) is 0 Å². The van der Waals surface area contributed by atoms with Crippen LogP contribution in [0.2, 0.25) is 0 Å². The molecule has 0 saturated carbocycles. The second-order valence-electron chi connectivity index (χ2n) is 4.72. The van der Waals surface area contributed by atoms with E-state index in [0.29, 0.717) is 10.9 Å². The largest absolute Gasteiger partial charge is 0.397 e. The van der Waals surface area contributed by atoms with Gasteiger partial charge in [-0.15, -0.1) is 11.3 Å². The van der Waals surface area contributed by atoms with Crippen molar-refractivity contribution in [2.45, 2.75) is 19.3 Å². The summed E-state index contributed by atoms with van der Waals surface area (Å²) in [6.07, 6.45) is 3.08. The second kappa shape index (κ2) is 4.86. The minimum atomic E-state index is -0.875. The van der Waals surface area contributed by atoms with E-state index in [4.69, 9.17) is 5.73 Å². The lowest BCUT2D eigenvalue weighted by molar-refractivity contribution is 0.103.